The summed E-state index contributed by atoms with van der Waals surface area (Å²) in [5.74, 6) is -1.40. The summed E-state index contributed by atoms with van der Waals surface area (Å²) in [4.78, 5) is 12.3. The summed E-state index contributed by atoms with van der Waals surface area (Å²) >= 11 is 4.61. The maximum atomic E-state index is 13.2. The molecule has 1 heterocycles. The van der Waals surface area contributed by atoms with Crippen LogP contribution in [0.3, 0.4) is 0 Å². The van der Waals surface area contributed by atoms with E-state index < -0.39 is 17.8 Å². The maximum absolute atomic E-state index is 13.2. The number of carboxylic acid groups (broad SMARTS) is 1. The van der Waals surface area contributed by atoms with Crippen LogP contribution in [-0.4, -0.2) is 11.1 Å². The van der Waals surface area contributed by atoms with Gasteiger partial charge in [0.15, 0.2) is 0 Å². The van der Waals surface area contributed by atoms with Crippen molar-refractivity contribution in [1.82, 2.24) is 5.32 Å². The van der Waals surface area contributed by atoms with E-state index in [1.54, 1.807) is 11.3 Å². The topological polar surface area (TPSA) is 49.3 Å². The van der Waals surface area contributed by atoms with Crippen molar-refractivity contribution in [2.75, 3.05) is 0 Å². The predicted octanol–water partition coefficient (Wildman–Crippen LogP) is 3.57. The molecule has 1 aromatic heterocycles. The normalized spacial score (nSPS) is 12.3. The fourth-order valence-corrected chi connectivity index (χ4v) is 2.71. The summed E-state index contributed by atoms with van der Waals surface area (Å²) in [6.45, 7) is 0.462. The number of rotatable bonds is 5. The zero-order valence-electron chi connectivity index (χ0n) is 9.77. The van der Waals surface area contributed by atoms with Gasteiger partial charge < -0.3 is 5.11 Å². The largest absolute Gasteiger partial charge is 0.480 e. The molecule has 0 aliphatic carbocycles. The summed E-state index contributed by atoms with van der Waals surface area (Å²) in [6.07, 6.45) is 0. The number of thiophene rings is 1. The Morgan fingerprint density at radius 3 is 2.84 bits per heavy atom. The molecule has 100 valence electrons. The third kappa shape index (κ3) is 3.62. The third-order valence-electron chi connectivity index (χ3n) is 2.58. The van der Waals surface area contributed by atoms with Crippen LogP contribution >= 0.6 is 27.3 Å². The number of carboxylic acids is 1. The molecule has 2 rings (SSSR count). The molecular formula is C13H11BrFNO2S. The summed E-state index contributed by atoms with van der Waals surface area (Å²) < 4.78 is 13.4. The quantitative estimate of drug-likeness (QED) is 0.872. The second-order valence-electron chi connectivity index (χ2n) is 3.91. The Labute approximate surface area is 122 Å². The fourth-order valence-electron chi connectivity index (χ4n) is 1.66. The average molecular weight is 344 g/mol. The van der Waals surface area contributed by atoms with Gasteiger partial charge in [0, 0.05) is 11.4 Å². The van der Waals surface area contributed by atoms with E-state index in [0.29, 0.717) is 12.1 Å². The van der Waals surface area contributed by atoms with Crippen LogP contribution in [0.25, 0.3) is 0 Å². The van der Waals surface area contributed by atoms with Gasteiger partial charge in [-0.3, -0.25) is 10.1 Å². The van der Waals surface area contributed by atoms with Crippen LogP contribution in [-0.2, 0) is 11.3 Å². The van der Waals surface area contributed by atoms with E-state index in [0.717, 1.165) is 4.88 Å². The fraction of sp³-hybridized carbons (Fsp3) is 0.154. The predicted molar refractivity (Wildman–Crippen MR) is 75.6 cm³/mol. The highest BCUT2D eigenvalue weighted by atomic mass is 79.9. The minimum atomic E-state index is -0.991. The van der Waals surface area contributed by atoms with Crippen molar-refractivity contribution in [3.8, 4) is 0 Å². The molecular weight excluding hydrogens is 333 g/mol. The number of hydrogen-bond acceptors (Lipinski definition) is 3. The van der Waals surface area contributed by atoms with Crippen LogP contribution in [0.4, 0.5) is 4.39 Å². The van der Waals surface area contributed by atoms with Gasteiger partial charge in [-0.1, -0.05) is 12.1 Å². The summed E-state index contributed by atoms with van der Waals surface area (Å²) in [6, 6.07) is 7.18. The molecule has 0 fully saturated rings. The second-order valence-corrected chi connectivity index (χ2v) is 5.79. The number of halogens is 2. The smallest absolute Gasteiger partial charge is 0.325 e. The molecule has 19 heavy (non-hydrogen) atoms. The van der Waals surface area contributed by atoms with Crippen LogP contribution < -0.4 is 5.32 Å². The zero-order valence-corrected chi connectivity index (χ0v) is 12.2. The summed E-state index contributed by atoms with van der Waals surface area (Å²) in [5, 5.41) is 14.1. The molecule has 0 amide bonds. The van der Waals surface area contributed by atoms with E-state index in [2.05, 4.69) is 21.2 Å². The molecule has 0 aliphatic heterocycles. The number of carbonyl (C=O) groups is 1. The Morgan fingerprint density at radius 2 is 2.26 bits per heavy atom. The van der Waals surface area contributed by atoms with Crippen LogP contribution in [0.15, 0.2) is 40.2 Å². The Hall–Kier alpha value is -1.24. The lowest BCUT2D eigenvalue weighted by atomic mass is 10.1. The minimum absolute atomic E-state index is 0.258. The Morgan fingerprint density at radius 1 is 1.47 bits per heavy atom. The Balaban J connectivity index is 2.15. The lowest BCUT2D eigenvalue weighted by molar-refractivity contribution is -0.139. The highest BCUT2D eigenvalue weighted by Gasteiger charge is 2.20. The summed E-state index contributed by atoms with van der Waals surface area (Å²) in [7, 11) is 0. The molecule has 0 bridgehead atoms. The molecule has 2 aromatic rings. The van der Waals surface area contributed by atoms with Crippen molar-refractivity contribution in [1.29, 1.82) is 0 Å². The van der Waals surface area contributed by atoms with Gasteiger partial charge in [-0.2, -0.15) is 0 Å². The van der Waals surface area contributed by atoms with Crippen LogP contribution in [0, 0.1) is 5.82 Å². The van der Waals surface area contributed by atoms with E-state index in [1.807, 2.05) is 17.5 Å². The first-order chi connectivity index (χ1) is 9.08. The highest BCUT2D eigenvalue weighted by Crippen LogP contribution is 2.22. The molecule has 2 N–H and O–H groups in total. The molecule has 1 unspecified atom stereocenters. The van der Waals surface area contributed by atoms with E-state index in [9.17, 15) is 14.3 Å². The lowest BCUT2D eigenvalue weighted by Gasteiger charge is -2.14. The molecule has 1 atom stereocenters. The van der Waals surface area contributed by atoms with Crippen molar-refractivity contribution in [3.63, 3.8) is 0 Å². The molecule has 6 heteroatoms. The van der Waals surface area contributed by atoms with Gasteiger partial charge in [-0.15, -0.1) is 11.3 Å². The van der Waals surface area contributed by atoms with Gasteiger partial charge in [-0.05, 0) is 45.1 Å². The second kappa shape index (κ2) is 6.27. The van der Waals surface area contributed by atoms with Crippen molar-refractivity contribution >= 4 is 33.2 Å². The van der Waals surface area contributed by atoms with E-state index in [1.165, 1.54) is 18.2 Å². The standard InChI is InChI=1S/C13H11BrFNO2S/c14-10-6-8(3-4-11(10)15)12(13(17)18)16-7-9-2-1-5-19-9/h1-6,12,16H,7H2,(H,17,18). The first-order valence-electron chi connectivity index (χ1n) is 5.51. The van der Waals surface area contributed by atoms with Crippen molar-refractivity contribution in [2.45, 2.75) is 12.6 Å². The van der Waals surface area contributed by atoms with E-state index in [-0.39, 0.29) is 4.47 Å². The van der Waals surface area contributed by atoms with Gasteiger partial charge in [-0.25, -0.2) is 4.39 Å². The van der Waals surface area contributed by atoms with Crippen LogP contribution in [0.5, 0.6) is 0 Å². The molecule has 0 saturated carbocycles. The van der Waals surface area contributed by atoms with E-state index >= 15 is 0 Å². The van der Waals surface area contributed by atoms with Gasteiger partial charge in [0.25, 0.3) is 0 Å². The van der Waals surface area contributed by atoms with E-state index in [4.69, 9.17) is 0 Å². The summed E-state index contributed by atoms with van der Waals surface area (Å²) in [5.41, 5.74) is 0.511. The molecule has 3 nitrogen and oxygen atoms in total. The average Bonchev–Trinajstić information content (AvgIpc) is 2.86. The molecule has 0 aliphatic rings. The Kier molecular flexibility index (Phi) is 4.68. The monoisotopic (exact) mass is 343 g/mol. The number of benzene rings is 1. The Bertz CT molecular complexity index is 574. The van der Waals surface area contributed by atoms with Crippen molar-refractivity contribution in [3.05, 3.63) is 56.4 Å². The zero-order chi connectivity index (χ0) is 13.8. The van der Waals surface area contributed by atoms with Crippen LogP contribution in [0.2, 0.25) is 0 Å². The first kappa shape index (κ1) is 14.2. The van der Waals surface area contributed by atoms with Crippen molar-refractivity contribution < 1.29 is 14.3 Å². The van der Waals surface area contributed by atoms with Crippen molar-refractivity contribution in [2.24, 2.45) is 0 Å². The molecule has 0 radical (unpaired) electrons. The lowest BCUT2D eigenvalue weighted by Crippen LogP contribution is -2.27. The molecule has 1 aromatic carbocycles. The number of aliphatic carboxylic acids is 1. The number of hydrogen-bond donors (Lipinski definition) is 2. The van der Waals surface area contributed by atoms with Gasteiger partial charge >= 0.3 is 5.97 Å². The molecule has 0 spiro atoms. The van der Waals surface area contributed by atoms with Gasteiger partial charge in [0.05, 0.1) is 4.47 Å². The maximum Gasteiger partial charge on any atom is 0.325 e. The number of nitrogens with one attached hydrogen (secondary N) is 1. The molecule has 0 saturated heterocycles. The first-order valence-corrected chi connectivity index (χ1v) is 7.18. The highest BCUT2D eigenvalue weighted by molar-refractivity contribution is 9.10. The third-order valence-corrected chi connectivity index (χ3v) is 4.07. The van der Waals surface area contributed by atoms with Gasteiger partial charge in [0.1, 0.15) is 11.9 Å². The van der Waals surface area contributed by atoms with Crippen LogP contribution in [0.1, 0.15) is 16.5 Å². The minimum Gasteiger partial charge on any atom is -0.480 e. The SMILES string of the molecule is O=C(O)C(NCc1cccs1)c1ccc(F)c(Br)c1. The van der Waals surface area contributed by atoms with Gasteiger partial charge in [0.2, 0.25) is 0 Å².